The van der Waals surface area contributed by atoms with Gasteiger partial charge in [0.15, 0.2) is 5.78 Å². The molecule has 27 heavy (non-hydrogen) atoms. The smallest absolute Gasteiger partial charge is 0.158 e. The molecule has 0 saturated carbocycles. The predicted octanol–water partition coefficient (Wildman–Crippen LogP) is 7.29. The number of carbonyl (C=O) groups is 1. The van der Waals surface area contributed by atoms with Crippen molar-refractivity contribution in [3.63, 3.8) is 0 Å². The summed E-state index contributed by atoms with van der Waals surface area (Å²) in [6.07, 6.45) is 31.1. The van der Waals surface area contributed by atoms with Gasteiger partial charge in [0, 0.05) is 6.61 Å². The second-order valence-corrected chi connectivity index (χ2v) is 6.58. The average molecular weight is 373 g/mol. The van der Waals surface area contributed by atoms with Gasteiger partial charge in [0.25, 0.3) is 0 Å². The summed E-state index contributed by atoms with van der Waals surface area (Å²) in [7, 11) is 0. The maximum Gasteiger partial charge on any atom is 0.158 e. The van der Waals surface area contributed by atoms with Crippen LogP contribution in [0.25, 0.3) is 0 Å². The first kappa shape index (κ1) is 25.3. The molecule has 0 radical (unpaired) electrons. The van der Waals surface area contributed by atoms with Gasteiger partial charge in [0.2, 0.25) is 0 Å². The van der Waals surface area contributed by atoms with E-state index in [1.165, 1.54) is 0 Å². The third-order valence-corrected chi connectivity index (χ3v) is 4.07. The molecule has 0 saturated heterocycles. The molecule has 1 atom stereocenters. The lowest BCUT2D eigenvalue weighted by Crippen LogP contribution is -2.21. The van der Waals surface area contributed by atoms with E-state index in [-0.39, 0.29) is 11.9 Å². The van der Waals surface area contributed by atoms with Crippen LogP contribution < -0.4 is 0 Å². The van der Waals surface area contributed by atoms with Crippen molar-refractivity contribution in [3.05, 3.63) is 60.8 Å². The summed E-state index contributed by atoms with van der Waals surface area (Å²) >= 11 is 0. The van der Waals surface area contributed by atoms with Gasteiger partial charge in [-0.3, -0.25) is 4.79 Å². The Kier molecular flexibility index (Phi) is 19.4. The zero-order valence-electron chi connectivity index (χ0n) is 17.7. The van der Waals surface area contributed by atoms with Crippen molar-refractivity contribution in [3.8, 4) is 0 Å². The van der Waals surface area contributed by atoms with Crippen LogP contribution in [0, 0.1) is 0 Å². The maximum absolute atomic E-state index is 11.2. The summed E-state index contributed by atoms with van der Waals surface area (Å²) in [5.41, 5.74) is 0. The maximum atomic E-state index is 11.2. The molecule has 2 heteroatoms. The largest absolute Gasteiger partial charge is 0.370 e. The van der Waals surface area contributed by atoms with Crippen LogP contribution in [0.5, 0.6) is 0 Å². The minimum atomic E-state index is -0.210. The van der Waals surface area contributed by atoms with Crippen LogP contribution in [0.1, 0.15) is 78.6 Å². The Morgan fingerprint density at radius 1 is 0.741 bits per heavy atom. The van der Waals surface area contributed by atoms with Crippen molar-refractivity contribution in [1.82, 2.24) is 0 Å². The number of unbranched alkanes of at least 4 members (excludes halogenated alkanes) is 2. The zero-order valence-corrected chi connectivity index (χ0v) is 17.7. The van der Waals surface area contributed by atoms with Crippen LogP contribution in [-0.4, -0.2) is 18.5 Å². The van der Waals surface area contributed by atoms with Crippen molar-refractivity contribution >= 4 is 5.78 Å². The molecule has 0 N–H and O–H groups in total. The summed E-state index contributed by atoms with van der Waals surface area (Å²) in [5.74, 6) is 0.135. The Morgan fingerprint density at radius 2 is 1.22 bits per heavy atom. The minimum Gasteiger partial charge on any atom is -0.370 e. The fourth-order valence-corrected chi connectivity index (χ4v) is 2.48. The molecule has 0 aliphatic rings. The molecule has 0 aromatic carbocycles. The molecule has 0 fully saturated rings. The number of hydrogen-bond donors (Lipinski definition) is 0. The fraction of sp³-hybridized carbons (Fsp3) is 0.560. The number of carbonyl (C=O) groups excluding carboxylic acids is 1. The summed E-state index contributed by atoms with van der Waals surface area (Å²) in [5, 5.41) is 0. The highest BCUT2D eigenvalue weighted by Crippen LogP contribution is 2.04. The molecule has 0 heterocycles. The van der Waals surface area contributed by atoms with E-state index in [2.05, 4.69) is 67.7 Å². The Hall–Kier alpha value is -1.67. The van der Waals surface area contributed by atoms with Gasteiger partial charge in [-0.2, -0.15) is 0 Å². The Bertz CT molecular complexity index is 481. The summed E-state index contributed by atoms with van der Waals surface area (Å²) in [6, 6.07) is 0. The number of rotatable bonds is 17. The summed E-state index contributed by atoms with van der Waals surface area (Å²) in [6.45, 7) is 6.43. The van der Waals surface area contributed by atoms with Crippen molar-refractivity contribution in [2.45, 2.75) is 84.7 Å². The van der Waals surface area contributed by atoms with Crippen LogP contribution in [0.3, 0.4) is 0 Å². The molecule has 152 valence electrons. The van der Waals surface area contributed by atoms with Crippen molar-refractivity contribution in [1.29, 1.82) is 0 Å². The predicted molar refractivity (Wildman–Crippen MR) is 119 cm³/mol. The highest BCUT2D eigenvalue weighted by molar-refractivity contribution is 5.80. The molecule has 2 nitrogen and oxygen atoms in total. The number of allylic oxidation sites excluding steroid dienone is 10. The quantitative estimate of drug-likeness (QED) is 0.198. The molecule has 0 aliphatic heterocycles. The van der Waals surface area contributed by atoms with Gasteiger partial charge in [-0.25, -0.2) is 0 Å². The average Bonchev–Trinajstić information content (AvgIpc) is 2.66. The molecular formula is C25H40O2. The van der Waals surface area contributed by atoms with E-state index >= 15 is 0 Å². The van der Waals surface area contributed by atoms with Gasteiger partial charge in [-0.15, -0.1) is 0 Å². The van der Waals surface area contributed by atoms with E-state index < -0.39 is 0 Å². The highest BCUT2D eigenvalue weighted by atomic mass is 16.5. The highest BCUT2D eigenvalue weighted by Gasteiger charge is 2.10. The van der Waals surface area contributed by atoms with Crippen LogP contribution in [-0.2, 0) is 9.53 Å². The van der Waals surface area contributed by atoms with Crippen molar-refractivity contribution in [2.24, 2.45) is 0 Å². The van der Waals surface area contributed by atoms with Gasteiger partial charge in [-0.05, 0) is 64.7 Å². The Morgan fingerprint density at radius 3 is 1.67 bits per heavy atom. The zero-order chi connectivity index (χ0) is 20.0. The van der Waals surface area contributed by atoms with Crippen LogP contribution in [0.2, 0.25) is 0 Å². The normalized spacial score (nSPS) is 13.9. The third-order valence-electron chi connectivity index (χ3n) is 4.07. The van der Waals surface area contributed by atoms with E-state index in [1.54, 1.807) is 6.92 Å². The van der Waals surface area contributed by atoms with Gasteiger partial charge in [0.1, 0.15) is 6.10 Å². The van der Waals surface area contributed by atoms with Gasteiger partial charge in [0.05, 0.1) is 0 Å². The molecule has 0 aliphatic carbocycles. The second-order valence-electron chi connectivity index (χ2n) is 6.58. The first-order chi connectivity index (χ1) is 13.2. The molecule has 0 unspecified atom stereocenters. The monoisotopic (exact) mass is 372 g/mol. The first-order valence-electron chi connectivity index (χ1n) is 10.6. The van der Waals surface area contributed by atoms with E-state index in [4.69, 9.17) is 4.74 Å². The number of hydrogen-bond acceptors (Lipinski definition) is 2. The van der Waals surface area contributed by atoms with Crippen LogP contribution in [0.4, 0.5) is 0 Å². The fourth-order valence-electron chi connectivity index (χ4n) is 2.48. The number of ketones is 1. The van der Waals surface area contributed by atoms with E-state index in [1.807, 2.05) is 6.92 Å². The third kappa shape index (κ3) is 18.9. The lowest BCUT2D eigenvalue weighted by atomic mass is 10.2. The first-order valence-corrected chi connectivity index (χ1v) is 10.6. The minimum absolute atomic E-state index is 0.135. The topological polar surface area (TPSA) is 26.3 Å². The molecule has 0 aromatic rings. The second kappa shape index (κ2) is 20.6. The molecular weight excluding hydrogens is 332 g/mol. The molecule has 0 spiro atoms. The van der Waals surface area contributed by atoms with Gasteiger partial charge >= 0.3 is 0 Å². The standard InChI is InChI=1S/C25H40O2/c1-4-6-7-8-9-10-11-12-13-14-15-16-17-18-19-20-21-22-23-27-25(5-2)24(3)26/h6-7,9-10,12-13,15-16,18-19,25H,4-5,8,11,14,17,20-23H2,1-3H3/b7-6-,10-9-,13-12-,16-15-,19-18-/t25-/m1/s1. The van der Waals surface area contributed by atoms with E-state index in [0.29, 0.717) is 6.61 Å². The molecule has 0 rings (SSSR count). The van der Waals surface area contributed by atoms with Gasteiger partial charge in [-0.1, -0.05) is 74.6 Å². The number of ether oxygens (including phenoxy) is 1. The molecule has 0 bridgehead atoms. The van der Waals surface area contributed by atoms with E-state index in [9.17, 15) is 4.79 Å². The van der Waals surface area contributed by atoms with Crippen LogP contribution >= 0.6 is 0 Å². The van der Waals surface area contributed by atoms with Crippen molar-refractivity contribution < 1.29 is 9.53 Å². The summed E-state index contributed by atoms with van der Waals surface area (Å²) in [4.78, 5) is 11.2. The lowest BCUT2D eigenvalue weighted by Gasteiger charge is -2.12. The van der Waals surface area contributed by atoms with E-state index in [0.717, 1.165) is 57.8 Å². The summed E-state index contributed by atoms with van der Waals surface area (Å²) < 4.78 is 5.58. The SMILES string of the molecule is CC/C=C\C/C=C\C/C=C\C/C=C\C/C=C\CCCCO[C@H](CC)C(C)=O. The Labute approximate surface area is 167 Å². The Balaban J connectivity index is 3.51. The molecule has 0 aromatic heterocycles. The van der Waals surface area contributed by atoms with Crippen molar-refractivity contribution in [2.75, 3.05) is 6.61 Å². The van der Waals surface area contributed by atoms with Gasteiger partial charge < -0.3 is 4.74 Å². The van der Waals surface area contributed by atoms with Crippen LogP contribution in [0.15, 0.2) is 60.8 Å². The molecule has 0 amide bonds. The lowest BCUT2D eigenvalue weighted by molar-refractivity contribution is -0.128. The number of Topliss-reactive ketones (excluding diaryl/α,β-unsaturated/α-hetero) is 1.